The predicted molar refractivity (Wildman–Crippen MR) is 163 cm³/mol. The van der Waals surface area contributed by atoms with E-state index in [1.54, 1.807) is 36.4 Å². The Bertz CT molecular complexity index is 2000. The van der Waals surface area contributed by atoms with Gasteiger partial charge in [0.15, 0.2) is 0 Å². The van der Waals surface area contributed by atoms with Crippen LogP contribution in [0.5, 0.6) is 5.88 Å². The molecule has 2 aromatic heterocycles. The Morgan fingerprint density at radius 3 is 2.60 bits per heavy atom. The van der Waals surface area contributed by atoms with Crippen LogP contribution in [0.1, 0.15) is 58.3 Å². The number of aromatic nitrogens is 3. The van der Waals surface area contributed by atoms with Crippen molar-refractivity contribution in [3.8, 4) is 23.2 Å². The zero-order valence-electron chi connectivity index (χ0n) is 25.0. The molecular weight excluding hydrogens is 578 g/mol. The van der Waals surface area contributed by atoms with Crippen LogP contribution in [0.25, 0.3) is 22.3 Å². The summed E-state index contributed by atoms with van der Waals surface area (Å²) in [6.07, 6.45) is 0.184. The number of hydrogen-bond donors (Lipinski definition) is 1. The third-order valence-corrected chi connectivity index (χ3v) is 8.27. The second kappa shape index (κ2) is 11.7. The van der Waals surface area contributed by atoms with Crippen molar-refractivity contribution in [1.29, 1.82) is 5.26 Å². The quantitative estimate of drug-likeness (QED) is 0.202. The van der Waals surface area contributed by atoms with Crippen molar-refractivity contribution in [2.45, 2.75) is 39.8 Å². The summed E-state index contributed by atoms with van der Waals surface area (Å²) >= 11 is 0. The summed E-state index contributed by atoms with van der Waals surface area (Å²) in [4.78, 5) is 21.1. The molecule has 5 aromatic rings. The Kier molecular flexibility index (Phi) is 7.81. The normalized spacial score (nSPS) is 15.7. The zero-order chi connectivity index (χ0) is 31.9. The van der Waals surface area contributed by atoms with Crippen LogP contribution in [0.3, 0.4) is 0 Å². The van der Waals surface area contributed by atoms with Crippen molar-refractivity contribution < 1.29 is 28.2 Å². The number of ether oxygens (including phenoxy) is 2. The molecule has 0 spiro atoms. The van der Waals surface area contributed by atoms with Gasteiger partial charge >= 0.3 is 5.97 Å². The second-order valence-electron chi connectivity index (χ2n) is 11.9. The highest BCUT2D eigenvalue weighted by atomic mass is 19.1. The largest absolute Gasteiger partial charge is 0.478 e. The van der Waals surface area contributed by atoms with Crippen LogP contribution in [0, 0.1) is 35.3 Å². The number of carboxylic acid groups (broad SMARTS) is 1. The van der Waals surface area contributed by atoms with E-state index in [1.165, 1.54) is 24.3 Å². The maximum atomic E-state index is 15.8. The van der Waals surface area contributed by atoms with Gasteiger partial charge in [0.1, 0.15) is 24.1 Å². The van der Waals surface area contributed by atoms with Gasteiger partial charge in [-0.15, -0.1) is 0 Å². The van der Waals surface area contributed by atoms with E-state index in [0.29, 0.717) is 46.9 Å². The summed E-state index contributed by atoms with van der Waals surface area (Å²) in [5.41, 5.74) is 4.01. The minimum Gasteiger partial charge on any atom is -0.478 e. The van der Waals surface area contributed by atoms with E-state index in [4.69, 9.17) is 19.7 Å². The highest BCUT2D eigenvalue weighted by Gasteiger charge is 2.39. The number of benzene rings is 3. The van der Waals surface area contributed by atoms with Gasteiger partial charge in [0.2, 0.25) is 5.88 Å². The van der Waals surface area contributed by atoms with Gasteiger partial charge in [-0.25, -0.2) is 23.5 Å². The molecule has 0 saturated carbocycles. The first-order valence-electron chi connectivity index (χ1n) is 14.4. The molecule has 8 nitrogen and oxygen atoms in total. The molecule has 45 heavy (non-hydrogen) atoms. The van der Waals surface area contributed by atoms with E-state index in [-0.39, 0.29) is 47.1 Å². The molecule has 228 valence electrons. The van der Waals surface area contributed by atoms with Gasteiger partial charge in [-0.3, -0.25) is 0 Å². The number of carbonyl (C=O) groups is 1. The molecule has 1 aliphatic heterocycles. The minimum absolute atomic E-state index is 0.0852. The Balaban J connectivity index is 1.30. The summed E-state index contributed by atoms with van der Waals surface area (Å²) < 4.78 is 43.7. The average molecular weight is 609 g/mol. The number of aromatic carboxylic acids is 1. The third kappa shape index (κ3) is 5.87. The first-order chi connectivity index (χ1) is 21.5. The molecule has 1 aliphatic rings. The lowest BCUT2D eigenvalue weighted by atomic mass is 9.87. The number of pyridine rings is 1. The monoisotopic (exact) mass is 608 g/mol. The highest BCUT2D eigenvalue weighted by Crippen LogP contribution is 2.40. The van der Waals surface area contributed by atoms with Gasteiger partial charge < -0.3 is 19.1 Å². The van der Waals surface area contributed by atoms with E-state index >= 15 is 4.39 Å². The van der Waals surface area contributed by atoms with Gasteiger partial charge in [-0.2, -0.15) is 5.26 Å². The van der Waals surface area contributed by atoms with Crippen LogP contribution < -0.4 is 4.74 Å². The maximum absolute atomic E-state index is 15.8. The smallest absolute Gasteiger partial charge is 0.335 e. The topological polar surface area (TPSA) is 110 Å². The molecule has 1 N–H and O–H groups in total. The molecule has 0 radical (unpaired) electrons. The van der Waals surface area contributed by atoms with Gasteiger partial charge in [-0.05, 0) is 60.5 Å². The standard InChI is InChI=1S/C35H30F2N4O4/c1-20-11-24(14-32-39-29-10-9-22(34(42)43)13-30(29)41(32)31-18-44-19-35(31,2)3)27(37)15-25(20)28-5-4-6-33(40-28)45-17-23-8-7-21(16-38)12-26(23)36/h4-13,15,31H,14,17-19H2,1-3H3,(H,42,43). The Morgan fingerprint density at radius 1 is 1.09 bits per heavy atom. The number of nitrogens with zero attached hydrogens (tertiary/aromatic N) is 4. The Labute approximate surface area is 258 Å². The van der Waals surface area contributed by atoms with Gasteiger partial charge in [0, 0.05) is 29.0 Å². The number of aryl methyl sites for hydroxylation is 1. The van der Waals surface area contributed by atoms with Crippen molar-refractivity contribution in [2.75, 3.05) is 13.2 Å². The van der Waals surface area contributed by atoms with Crippen molar-refractivity contribution in [2.24, 2.45) is 5.41 Å². The number of hydrogen-bond acceptors (Lipinski definition) is 6. The summed E-state index contributed by atoms with van der Waals surface area (Å²) in [7, 11) is 0. The number of carboxylic acids is 1. The molecular formula is C35H30F2N4O4. The van der Waals surface area contributed by atoms with E-state index in [0.717, 1.165) is 11.6 Å². The van der Waals surface area contributed by atoms with Crippen LogP contribution in [0.4, 0.5) is 8.78 Å². The molecule has 6 rings (SSSR count). The third-order valence-electron chi connectivity index (χ3n) is 8.27. The molecule has 0 bridgehead atoms. The average Bonchev–Trinajstić information content (AvgIpc) is 3.55. The predicted octanol–water partition coefficient (Wildman–Crippen LogP) is 7.02. The van der Waals surface area contributed by atoms with Crippen molar-refractivity contribution in [3.05, 3.63) is 112 Å². The van der Waals surface area contributed by atoms with Crippen LogP contribution in [0.2, 0.25) is 0 Å². The number of imidazole rings is 1. The van der Waals surface area contributed by atoms with Crippen LogP contribution in [-0.4, -0.2) is 38.8 Å². The van der Waals surface area contributed by atoms with E-state index in [2.05, 4.69) is 18.8 Å². The zero-order valence-corrected chi connectivity index (χ0v) is 25.0. The summed E-state index contributed by atoms with van der Waals surface area (Å²) in [6, 6.07) is 19.1. The summed E-state index contributed by atoms with van der Waals surface area (Å²) in [6.45, 7) is 6.94. The van der Waals surface area contributed by atoms with Crippen LogP contribution in [-0.2, 0) is 17.8 Å². The molecule has 0 amide bonds. The van der Waals surface area contributed by atoms with E-state index < -0.39 is 17.6 Å². The van der Waals surface area contributed by atoms with Crippen LogP contribution in [0.15, 0.2) is 66.7 Å². The Morgan fingerprint density at radius 2 is 1.89 bits per heavy atom. The molecule has 0 aliphatic carbocycles. The number of halogens is 2. The van der Waals surface area contributed by atoms with Crippen molar-refractivity contribution in [3.63, 3.8) is 0 Å². The minimum atomic E-state index is -1.03. The fraction of sp³-hybridized carbons (Fsp3) is 0.257. The van der Waals surface area contributed by atoms with E-state index in [1.807, 2.05) is 17.6 Å². The van der Waals surface area contributed by atoms with Crippen LogP contribution >= 0.6 is 0 Å². The molecule has 1 unspecified atom stereocenters. The Hall–Kier alpha value is -5.14. The molecule has 10 heteroatoms. The van der Waals surface area contributed by atoms with Crippen molar-refractivity contribution in [1.82, 2.24) is 14.5 Å². The summed E-state index contributed by atoms with van der Waals surface area (Å²) in [5, 5.41) is 18.6. The molecule has 3 heterocycles. The molecule has 3 aromatic carbocycles. The SMILES string of the molecule is Cc1cc(Cc2nc3ccc(C(=O)O)cc3n2C2COCC2(C)C)c(F)cc1-c1cccc(OCc2ccc(C#N)cc2F)n1. The molecule has 1 atom stereocenters. The second-order valence-corrected chi connectivity index (χ2v) is 11.9. The molecule has 1 saturated heterocycles. The molecule has 1 fully saturated rings. The number of fused-ring (bicyclic) bond motifs is 1. The first kappa shape index (κ1) is 29.9. The lowest BCUT2D eigenvalue weighted by Crippen LogP contribution is -2.27. The maximum Gasteiger partial charge on any atom is 0.335 e. The van der Waals surface area contributed by atoms with E-state index in [9.17, 15) is 14.3 Å². The highest BCUT2D eigenvalue weighted by molar-refractivity contribution is 5.92. The number of rotatable bonds is 8. The summed E-state index contributed by atoms with van der Waals surface area (Å²) in [5.74, 6) is -1.15. The fourth-order valence-electron chi connectivity index (χ4n) is 5.78. The number of nitriles is 1. The van der Waals surface area contributed by atoms with Gasteiger partial charge in [0.25, 0.3) is 0 Å². The van der Waals surface area contributed by atoms with Gasteiger partial charge in [-0.1, -0.05) is 32.0 Å². The lowest BCUT2D eigenvalue weighted by Gasteiger charge is -2.28. The van der Waals surface area contributed by atoms with Gasteiger partial charge in [0.05, 0.1) is 53.2 Å². The lowest BCUT2D eigenvalue weighted by molar-refractivity contribution is 0.0697. The van der Waals surface area contributed by atoms with Crippen molar-refractivity contribution >= 4 is 17.0 Å². The fourth-order valence-corrected chi connectivity index (χ4v) is 5.78. The first-order valence-corrected chi connectivity index (χ1v) is 14.4.